The molecular formula is C29H27N7O3. The first-order valence-corrected chi connectivity index (χ1v) is 12.6. The molecule has 6 rings (SSSR count). The molecule has 1 unspecified atom stereocenters. The van der Waals surface area contributed by atoms with E-state index in [1.807, 2.05) is 24.4 Å². The molecule has 1 aliphatic heterocycles. The fourth-order valence-corrected chi connectivity index (χ4v) is 4.62. The molecule has 1 saturated heterocycles. The summed E-state index contributed by atoms with van der Waals surface area (Å²) in [6.07, 6.45) is 11.9. The smallest absolute Gasteiger partial charge is 0.335 e. The van der Waals surface area contributed by atoms with E-state index >= 15 is 0 Å². The molecule has 0 radical (unpaired) electrons. The summed E-state index contributed by atoms with van der Waals surface area (Å²) in [6, 6.07) is 16.5. The highest BCUT2D eigenvalue weighted by Gasteiger charge is 2.24. The number of fused-ring (bicyclic) bond motifs is 1. The summed E-state index contributed by atoms with van der Waals surface area (Å²) < 4.78 is 0. The molecule has 196 valence electrons. The lowest BCUT2D eigenvalue weighted by Crippen LogP contribution is -2.35. The van der Waals surface area contributed by atoms with Crippen molar-refractivity contribution in [3.8, 4) is 0 Å². The molecule has 1 aromatic carbocycles. The first-order valence-electron chi connectivity index (χ1n) is 12.6. The Bertz CT molecular complexity index is 1560. The maximum atomic E-state index is 12.5. The Kier molecular flexibility index (Phi) is 7.82. The van der Waals surface area contributed by atoms with E-state index in [4.69, 9.17) is 5.11 Å². The lowest BCUT2D eigenvalue weighted by atomic mass is 9.90. The van der Waals surface area contributed by atoms with E-state index in [1.165, 1.54) is 30.1 Å². The molecule has 1 amide bonds. The van der Waals surface area contributed by atoms with Crippen LogP contribution in [0.25, 0.3) is 11.0 Å². The van der Waals surface area contributed by atoms with Gasteiger partial charge in [-0.05, 0) is 60.9 Å². The van der Waals surface area contributed by atoms with Crippen LogP contribution in [0.15, 0.2) is 91.9 Å². The highest BCUT2D eigenvalue weighted by Crippen LogP contribution is 2.32. The zero-order chi connectivity index (χ0) is 27.0. The third-order valence-electron chi connectivity index (χ3n) is 6.54. The highest BCUT2D eigenvalue weighted by atomic mass is 16.4. The molecule has 1 fully saturated rings. The molecule has 0 saturated carbocycles. The predicted octanol–water partition coefficient (Wildman–Crippen LogP) is 4.77. The van der Waals surface area contributed by atoms with Crippen molar-refractivity contribution in [3.63, 3.8) is 0 Å². The van der Waals surface area contributed by atoms with Crippen molar-refractivity contribution >= 4 is 34.4 Å². The molecule has 0 bridgehead atoms. The molecule has 39 heavy (non-hydrogen) atoms. The molecule has 1 aliphatic rings. The number of carbonyl (C=O) groups excluding carboxylic acids is 1. The van der Waals surface area contributed by atoms with Crippen molar-refractivity contribution in [2.45, 2.75) is 18.8 Å². The first kappa shape index (κ1) is 25.5. The number of aromatic amines is 1. The van der Waals surface area contributed by atoms with Crippen molar-refractivity contribution in [2.24, 2.45) is 0 Å². The van der Waals surface area contributed by atoms with Gasteiger partial charge >= 0.3 is 5.97 Å². The van der Waals surface area contributed by atoms with Crippen LogP contribution in [0.1, 0.15) is 45.0 Å². The van der Waals surface area contributed by atoms with Gasteiger partial charge in [-0.1, -0.05) is 12.1 Å². The molecule has 0 spiro atoms. The van der Waals surface area contributed by atoms with Crippen molar-refractivity contribution < 1.29 is 14.7 Å². The molecule has 4 aromatic heterocycles. The number of carbonyl (C=O) groups is 2. The fourth-order valence-electron chi connectivity index (χ4n) is 4.62. The van der Waals surface area contributed by atoms with Gasteiger partial charge in [-0.25, -0.2) is 14.8 Å². The Morgan fingerprint density at radius 1 is 0.949 bits per heavy atom. The van der Waals surface area contributed by atoms with Crippen LogP contribution >= 0.6 is 0 Å². The molecule has 1 atom stereocenters. The Hall–Kier alpha value is -5.12. The number of hydrogen-bond acceptors (Lipinski definition) is 7. The van der Waals surface area contributed by atoms with Crippen molar-refractivity contribution in [1.29, 1.82) is 0 Å². The van der Waals surface area contributed by atoms with Crippen LogP contribution in [-0.2, 0) is 0 Å². The molecule has 5 heterocycles. The van der Waals surface area contributed by atoms with Gasteiger partial charge in [0.25, 0.3) is 5.91 Å². The van der Waals surface area contributed by atoms with Crippen LogP contribution in [0.2, 0.25) is 0 Å². The largest absolute Gasteiger partial charge is 0.478 e. The maximum absolute atomic E-state index is 12.5. The molecule has 10 nitrogen and oxygen atoms in total. The molecule has 3 N–H and O–H groups in total. The SMILES string of the molecule is O=C(Nc1cccc(C2CCCN(c3ncnc4[nH]ccc34)C2)c1)c1ccncc1.O=C(O)c1ccncc1. The number of piperidine rings is 1. The number of anilines is 2. The van der Waals surface area contributed by atoms with Gasteiger partial charge in [0.05, 0.1) is 10.9 Å². The zero-order valence-electron chi connectivity index (χ0n) is 21.1. The van der Waals surface area contributed by atoms with Crippen molar-refractivity contribution in [1.82, 2.24) is 24.9 Å². The van der Waals surface area contributed by atoms with E-state index in [9.17, 15) is 9.59 Å². The summed E-state index contributed by atoms with van der Waals surface area (Å²) >= 11 is 0. The summed E-state index contributed by atoms with van der Waals surface area (Å²) in [5, 5.41) is 12.4. The zero-order valence-corrected chi connectivity index (χ0v) is 21.1. The predicted molar refractivity (Wildman–Crippen MR) is 148 cm³/mol. The Balaban J connectivity index is 0.000000292. The average Bonchev–Trinajstić information content (AvgIpc) is 3.48. The van der Waals surface area contributed by atoms with E-state index in [-0.39, 0.29) is 11.5 Å². The van der Waals surface area contributed by atoms with Crippen LogP contribution in [0.3, 0.4) is 0 Å². The number of rotatable bonds is 5. The number of pyridine rings is 2. The average molecular weight is 522 g/mol. The van der Waals surface area contributed by atoms with Gasteiger partial charge in [-0.2, -0.15) is 0 Å². The molecule has 0 aliphatic carbocycles. The summed E-state index contributed by atoms with van der Waals surface area (Å²) in [5.41, 5.74) is 3.76. The summed E-state index contributed by atoms with van der Waals surface area (Å²) in [4.78, 5) is 44.6. The minimum atomic E-state index is -0.919. The quantitative estimate of drug-likeness (QED) is 0.301. The van der Waals surface area contributed by atoms with Crippen LogP contribution in [0, 0.1) is 0 Å². The van der Waals surface area contributed by atoms with E-state index in [1.54, 1.807) is 30.9 Å². The van der Waals surface area contributed by atoms with Crippen molar-refractivity contribution in [3.05, 3.63) is 109 Å². The van der Waals surface area contributed by atoms with Crippen LogP contribution in [-0.4, -0.2) is 55.0 Å². The van der Waals surface area contributed by atoms with Gasteiger partial charge in [0.1, 0.15) is 17.8 Å². The molecular weight excluding hydrogens is 494 g/mol. The number of hydrogen-bond donors (Lipinski definition) is 3. The molecule has 10 heteroatoms. The van der Waals surface area contributed by atoms with Gasteiger partial charge < -0.3 is 20.3 Å². The lowest BCUT2D eigenvalue weighted by molar-refractivity contribution is 0.0696. The highest BCUT2D eigenvalue weighted by molar-refractivity contribution is 6.04. The van der Waals surface area contributed by atoms with E-state index < -0.39 is 5.97 Å². The third-order valence-corrected chi connectivity index (χ3v) is 6.54. The fraction of sp³-hybridized carbons (Fsp3) is 0.172. The number of benzene rings is 1. The number of amides is 1. The minimum Gasteiger partial charge on any atom is -0.478 e. The second-order valence-corrected chi connectivity index (χ2v) is 9.08. The summed E-state index contributed by atoms with van der Waals surface area (Å²) in [5.74, 6) is 0.307. The summed E-state index contributed by atoms with van der Waals surface area (Å²) in [7, 11) is 0. The van der Waals surface area contributed by atoms with E-state index in [0.717, 1.165) is 48.5 Å². The number of aromatic nitrogens is 5. The Morgan fingerprint density at radius 3 is 2.41 bits per heavy atom. The topological polar surface area (TPSA) is 137 Å². The third kappa shape index (κ3) is 6.24. The van der Waals surface area contributed by atoms with Crippen LogP contribution in [0.4, 0.5) is 11.5 Å². The number of H-pyrrole nitrogens is 1. The van der Waals surface area contributed by atoms with Gasteiger partial charge in [0, 0.05) is 61.2 Å². The van der Waals surface area contributed by atoms with Gasteiger partial charge in [-0.3, -0.25) is 14.8 Å². The van der Waals surface area contributed by atoms with E-state index in [2.05, 4.69) is 47.3 Å². The number of nitrogens with zero attached hydrogens (tertiary/aromatic N) is 5. The number of nitrogens with one attached hydrogen (secondary N) is 2. The number of carboxylic acid groups (broad SMARTS) is 1. The van der Waals surface area contributed by atoms with Crippen LogP contribution in [0.5, 0.6) is 0 Å². The Labute approximate surface area is 224 Å². The second kappa shape index (κ2) is 12.0. The van der Waals surface area contributed by atoms with E-state index in [0.29, 0.717) is 11.5 Å². The summed E-state index contributed by atoms with van der Waals surface area (Å²) in [6.45, 7) is 1.87. The van der Waals surface area contributed by atoms with Gasteiger partial charge in [0.2, 0.25) is 0 Å². The maximum Gasteiger partial charge on any atom is 0.335 e. The number of carboxylic acids is 1. The van der Waals surface area contributed by atoms with Gasteiger partial charge in [0.15, 0.2) is 0 Å². The Morgan fingerprint density at radius 2 is 1.69 bits per heavy atom. The van der Waals surface area contributed by atoms with Crippen LogP contribution < -0.4 is 10.2 Å². The first-order chi connectivity index (χ1) is 19.1. The minimum absolute atomic E-state index is 0.129. The van der Waals surface area contributed by atoms with Crippen molar-refractivity contribution in [2.75, 3.05) is 23.3 Å². The van der Waals surface area contributed by atoms with Gasteiger partial charge in [-0.15, -0.1) is 0 Å². The standard InChI is InChI=1S/C23H22N6O.C6H5NO2/c30-23(16-6-9-24-10-7-16)28-19-5-1-3-17(13-19)18-4-2-12-29(14-18)22-20-8-11-25-21(20)26-15-27-22;8-6(9)5-1-3-7-4-2-5/h1,3,5-11,13,15,18H,2,4,12,14H2,(H,28,30)(H,25,26,27);1-4H,(H,8,9). The second-order valence-electron chi connectivity index (χ2n) is 9.08. The monoisotopic (exact) mass is 521 g/mol. The normalized spacial score (nSPS) is 14.8. The number of aromatic carboxylic acids is 1. The molecule has 5 aromatic rings. The lowest BCUT2D eigenvalue weighted by Gasteiger charge is -2.34.